The molecule has 0 aliphatic carbocycles. The fourth-order valence-corrected chi connectivity index (χ4v) is 5.39. The Balaban J connectivity index is 1.28. The summed E-state index contributed by atoms with van der Waals surface area (Å²) in [6.45, 7) is 0.498. The molecule has 2 aromatic heterocycles. The second-order valence-electron chi connectivity index (χ2n) is 10.0. The topological polar surface area (TPSA) is 170 Å². The first kappa shape index (κ1) is 27.5. The fourth-order valence-electron chi connectivity index (χ4n) is 5.39. The molecule has 6 rings (SSSR count). The largest absolute Gasteiger partial charge is 0.497 e. The molecule has 12 heteroatoms. The molecule has 0 saturated carbocycles. The van der Waals surface area contributed by atoms with Crippen LogP contribution in [0.2, 0.25) is 0 Å². The number of aliphatic hydroxyl groups excluding tert-OH is 2. The molecule has 1 saturated heterocycles. The third-order valence-electron chi connectivity index (χ3n) is 7.58. The van der Waals surface area contributed by atoms with Crippen molar-refractivity contribution in [1.29, 1.82) is 0 Å². The van der Waals surface area contributed by atoms with Crippen LogP contribution in [0.3, 0.4) is 0 Å². The van der Waals surface area contributed by atoms with Gasteiger partial charge in [0.25, 0.3) is 5.91 Å². The molecule has 1 fully saturated rings. The van der Waals surface area contributed by atoms with Gasteiger partial charge in [-0.05, 0) is 40.1 Å². The van der Waals surface area contributed by atoms with E-state index in [1.807, 2.05) is 24.3 Å². The normalized spacial score (nSPS) is 20.2. The van der Waals surface area contributed by atoms with Gasteiger partial charge in [-0.1, -0.05) is 42.5 Å². The fraction of sp³-hybridized carbons (Fsp3) is 0.267. The molecule has 42 heavy (non-hydrogen) atoms. The number of hydrogen-bond donors (Lipinski definition) is 5. The number of nitrogens with one attached hydrogen (secondary N) is 2. The highest BCUT2D eigenvalue weighted by Crippen LogP contribution is 2.33. The first-order chi connectivity index (χ1) is 20.5. The summed E-state index contributed by atoms with van der Waals surface area (Å²) in [6.07, 6.45) is -0.0645. The maximum atomic E-state index is 13.1. The number of carbonyl (C=O) groups excluding carboxylic acids is 1. The van der Waals surface area contributed by atoms with Crippen molar-refractivity contribution in [3.63, 3.8) is 0 Å². The summed E-state index contributed by atoms with van der Waals surface area (Å²) in [6, 6.07) is 18.0. The van der Waals surface area contributed by atoms with Crippen LogP contribution in [0, 0.1) is 0 Å². The van der Waals surface area contributed by atoms with E-state index in [1.165, 1.54) is 19.8 Å². The van der Waals surface area contributed by atoms with Crippen molar-refractivity contribution >= 4 is 33.7 Å². The van der Waals surface area contributed by atoms with Gasteiger partial charge in [-0.15, -0.1) is 0 Å². The van der Waals surface area contributed by atoms with Gasteiger partial charge in [-0.25, -0.2) is 15.0 Å². The van der Waals surface area contributed by atoms with Crippen LogP contribution in [0.25, 0.3) is 21.9 Å². The van der Waals surface area contributed by atoms with E-state index in [2.05, 4.69) is 37.7 Å². The van der Waals surface area contributed by atoms with E-state index in [4.69, 9.17) is 15.2 Å². The number of nitrogens with two attached hydrogens (primary N) is 1. The number of carbonyl (C=O) groups is 1. The number of aliphatic hydroxyl groups is 2. The van der Waals surface area contributed by atoms with Crippen LogP contribution < -0.4 is 21.1 Å². The second-order valence-corrected chi connectivity index (χ2v) is 10.0. The third-order valence-corrected chi connectivity index (χ3v) is 7.58. The molecular weight excluding hydrogens is 538 g/mol. The van der Waals surface area contributed by atoms with Gasteiger partial charge in [0.2, 0.25) is 0 Å². The number of aromatic nitrogens is 4. The molecule has 0 unspecified atom stereocenters. The van der Waals surface area contributed by atoms with E-state index in [-0.39, 0.29) is 0 Å². The molecule has 0 radical (unpaired) electrons. The van der Waals surface area contributed by atoms with Gasteiger partial charge in [-0.3, -0.25) is 9.36 Å². The molecular formula is C30H31N7O5. The molecule has 216 valence electrons. The summed E-state index contributed by atoms with van der Waals surface area (Å²) in [5.41, 5.74) is 9.36. The Morgan fingerprint density at radius 2 is 1.86 bits per heavy atom. The van der Waals surface area contributed by atoms with E-state index >= 15 is 0 Å². The lowest BCUT2D eigenvalue weighted by Gasteiger charge is -2.23. The molecule has 1 aliphatic rings. The van der Waals surface area contributed by atoms with Gasteiger partial charge in [0.1, 0.15) is 30.3 Å². The molecule has 3 aromatic carbocycles. The molecule has 0 bridgehead atoms. The highest BCUT2D eigenvalue weighted by atomic mass is 16.5. The van der Waals surface area contributed by atoms with Crippen LogP contribution >= 0.6 is 0 Å². The van der Waals surface area contributed by atoms with Gasteiger partial charge in [-0.2, -0.15) is 0 Å². The van der Waals surface area contributed by atoms with Crippen molar-refractivity contribution in [3.8, 4) is 5.75 Å². The number of methoxy groups -OCH3 is 1. The summed E-state index contributed by atoms with van der Waals surface area (Å²) in [5, 5.41) is 29.2. The summed E-state index contributed by atoms with van der Waals surface area (Å²) in [7, 11) is 1.52. The van der Waals surface area contributed by atoms with E-state index in [9.17, 15) is 15.0 Å². The number of imidazole rings is 1. The van der Waals surface area contributed by atoms with Crippen LogP contribution in [0.5, 0.6) is 5.75 Å². The predicted molar refractivity (Wildman–Crippen MR) is 156 cm³/mol. The van der Waals surface area contributed by atoms with E-state index < -0.39 is 37.0 Å². The zero-order chi connectivity index (χ0) is 29.2. The minimum atomic E-state index is -1.18. The summed E-state index contributed by atoms with van der Waals surface area (Å²) < 4.78 is 12.9. The highest BCUT2D eigenvalue weighted by Gasteiger charge is 2.46. The number of rotatable bonds is 9. The van der Waals surface area contributed by atoms with Crippen molar-refractivity contribution in [1.82, 2.24) is 24.8 Å². The molecule has 4 atom stereocenters. The van der Waals surface area contributed by atoms with Crippen LogP contribution in [0.1, 0.15) is 27.7 Å². The summed E-state index contributed by atoms with van der Waals surface area (Å²) in [5.74, 6) is 0.607. The maximum absolute atomic E-state index is 13.1. The second kappa shape index (κ2) is 11.7. The standard InChI is InChI=1S/C30H31N7O5/c1-41-20-6-4-5-17(11-20)29(40)36-24-26(39)23(14-38)42-30(24)37-16-35-25-27(33-15-34-28(25)37)32-13-19-10-9-18(12-31)21-7-2-3-8-22(19)21/h2-11,15-16,23-24,26,30,38-39H,12-14,31H2,1H3,(H,36,40)(H,32,33,34)/t23-,24-,26-,30-/m1/s1. The SMILES string of the molecule is COc1cccc(C(=O)N[C@@H]2[C@H](O)[C@@H](CO)O[C@H]2n2cnc3c(NCc4ccc(CN)c5ccccc45)ncnc32)c1. The number of fused-ring (bicyclic) bond motifs is 2. The molecule has 12 nitrogen and oxygen atoms in total. The highest BCUT2D eigenvalue weighted by molar-refractivity contribution is 5.95. The number of hydrogen-bond acceptors (Lipinski definition) is 10. The number of anilines is 1. The van der Waals surface area contributed by atoms with Gasteiger partial charge < -0.3 is 36.1 Å². The molecule has 6 N–H and O–H groups in total. The quantitative estimate of drug-likeness (QED) is 0.177. The lowest BCUT2D eigenvalue weighted by atomic mass is 9.99. The van der Waals surface area contributed by atoms with Crippen molar-refractivity contribution < 1.29 is 24.5 Å². The van der Waals surface area contributed by atoms with Crippen molar-refractivity contribution in [2.24, 2.45) is 5.73 Å². The zero-order valence-corrected chi connectivity index (χ0v) is 22.8. The Labute approximate surface area is 241 Å². The van der Waals surface area contributed by atoms with Gasteiger partial charge in [0.05, 0.1) is 20.0 Å². The zero-order valence-electron chi connectivity index (χ0n) is 22.8. The minimum Gasteiger partial charge on any atom is -0.497 e. The Morgan fingerprint density at radius 1 is 1.07 bits per heavy atom. The number of ether oxygens (including phenoxy) is 2. The maximum Gasteiger partial charge on any atom is 0.251 e. The third kappa shape index (κ3) is 5.01. The molecule has 0 spiro atoms. The Morgan fingerprint density at radius 3 is 2.62 bits per heavy atom. The summed E-state index contributed by atoms with van der Waals surface area (Å²) >= 11 is 0. The Hall–Kier alpha value is -4.62. The lowest BCUT2D eigenvalue weighted by Crippen LogP contribution is -2.46. The average molecular weight is 570 g/mol. The Bertz CT molecular complexity index is 1740. The molecule has 1 amide bonds. The predicted octanol–water partition coefficient (Wildman–Crippen LogP) is 2.11. The van der Waals surface area contributed by atoms with Crippen molar-refractivity contribution in [2.75, 3.05) is 19.0 Å². The molecule has 1 aliphatic heterocycles. The monoisotopic (exact) mass is 569 g/mol. The van der Waals surface area contributed by atoms with E-state index in [1.54, 1.807) is 28.8 Å². The number of benzene rings is 3. The molecule has 3 heterocycles. The van der Waals surface area contributed by atoms with Gasteiger partial charge >= 0.3 is 0 Å². The smallest absolute Gasteiger partial charge is 0.251 e. The number of nitrogens with zero attached hydrogens (tertiary/aromatic N) is 4. The average Bonchev–Trinajstić information content (AvgIpc) is 3.60. The minimum absolute atomic E-state index is 0.351. The first-order valence-electron chi connectivity index (χ1n) is 13.5. The molecule has 5 aromatic rings. The van der Waals surface area contributed by atoms with Crippen LogP contribution in [0.4, 0.5) is 5.82 Å². The Kier molecular flexibility index (Phi) is 7.68. The van der Waals surface area contributed by atoms with E-state index in [0.717, 1.165) is 21.9 Å². The van der Waals surface area contributed by atoms with Crippen LogP contribution in [-0.4, -0.2) is 67.6 Å². The lowest BCUT2D eigenvalue weighted by molar-refractivity contribution is -0.0440. The van der Waals surface area contributed by atoms with Crippen molar-refractivity contribution in [3.05, 3.63) is 90.0 Å². The van der Waals surface area contributed by atoms with Crippen LogP contribution in [-0.2, 0) is 17.8 Å². The van der Waals surface area contributed by atoms with Crippen molar-refractivity contribution in [2.45, 2.75) is 37.6 Å². The van der Waals surface area contributed by atoms with Gasteiger partial charge in [0, 0.05) is 18.7 Å². The van der Waals surface area contributed by atoms with Crippen LogP contribution in [0.15, 0.2) is 73.3 Å². The van der Waals surface area contributed by atoms with E-state index in [0.29, 0.717) is 41.4 Å². The first-order valence-corrected chi connectivity index (χ1v) is 13.5. The number of amides is 1. The summed E-state index contributed by atoms with van der Waals surface area (Å²) in [4.78, 5) is 26.5. The van der Waals surface area contributed by atoms with Gasteiger partial charge in [0.15, 0.2) is 23.2 Å².